The van der Waals surface area contributed by atoms with Crippen LogP contribution in [-0.2, 0) is 4.79 Å². The minimum atomic E-state index is -0.833. The first kappa shape index (κ1) is 10.9. The smallest absolute Gasteiger partial charge is 0.300 e. The highest BCUT2D eigenvalue weighted by Gasteiger charge is 2.46. The third kappa shape index (κ3) is 2.33. The van der Waals surface area contributed by atoms with E-state index < -0.39 is 5.97 Å². The first-order valence-electron chi connectivity index (χ1n) is 6.01. The predicted octanol–water partition coefficient (Wildman–Crippen LogP) is 1.86. The summed E-state index contributed by atoms with van der Waals surface area (Å²) >= 11 is 0. The van der Waals surface area contributed by atoms with Gasteiger partial charge in [-0.25, -0.2) is 0 Å². The monoisotopic (exact) mass is 211 g/mol. The molecule has 0 saturated heterocycles. The average molecular weight is 211 g/mol. The van der Waals surface area contributed by atoms with Crippen molar-refractivity contribution in [3.8, 4) is 0 Å². The van der Waals surface area contributed by atoms with Crippen LogP contribution < -0.4 is 5.73 Å². The lowest BCUT2D eigenvalue weighted by Crippen LogP contribution is -2.52. The van der Waals surface area contributed by atoms with Crippen molar-refractivity contribution in [3.05, 3.63) is 0 Å². The summed E-state index contributed by atoms with van der Waals surface area (Å²) in [4.78, 5) is 9.00. The van der Waals surface area contributed by atoms with E-state index in [0.29, 0.717) is 6.04 Å². The van der Waals surface area contributed by atoms with Crippen molar-refractivity contribution in [1.82, 2.24) is 0 Å². The fourth-order valence-electron chi connectivity index (χ4n) is 3.97. The number of rotatable bonds is 0. The molecule has 0 unspecified atom stereocenters. The van der Waals surface area contributed by atoms with Crippen molar-refractivity contribution in [2.24, 2.45) is 29.4 Å². The van der Waals surface area contributed by atoms with Gasteiger partial charge in [-0.2, -0.15) is 0 Å². The van der Waals surface area contributed by atoms with Crippen molar-refractivity contribution < 1.29 is 9.90 Å². The zero-order valence-electron chi connectivity index (χ0n) is 9.36. The molecule has 3 heteroatoms. The van der Waals surface area contributed by atoms with Gasteiger partial charge >= 0.3 is 0 Å². The van der Waals surface area contributed by atoms with Crippen LogP contribution >= 0.6 is 0 Å². The molecule has 15 heavy (non-hydrogen) atoms. The number of hydrogen-bond donors (Lipinski definition) is 2. The second-order valence-electron chi connectivity index (χ2n) is 5.53. The maximum atomic E-state index is 9.00. The zero-order chi connectivity index (χ0) is 11.0. The van der Waals surface area contributed by atoms with Gasteiger partial charge in [0.1, 0.15) is 0 Å². The van der Waals surface area contributed by atoms with Gasteiger partial charge in [-0.3, -0.25) is 4.79 Å². The Hall–Kier alpha value is -0.570. The molecule has 0 spiro atoms. The predicted molar refractivity (Wildman–Crippen MR) is 58.3 cm³/mol. The SMILES string of the molecule is CC(=O)O.NC1C2CC3CC(C2)CC1C3. The van der Waals surface area contributed by atoms with Crippen LogP contribution in [0, 0.1) is 23.7 Å². The van der Waals surface area contributed by atoms with Crippen molar-refractivity contribution in [1.29, 1.82) is 0 Å². The lowest BCUT2D eigenvalue weighted by molar-refractivity contribution is -0.134. The van der Waals surface area contributed by atoms with Crippen LogP contribution in [0.5, 0.6) is 0 Å². The molecule has 0 aromatic rings. The highest BCUT2D eigenvalue weighted by molar-refractivity contribution is 5.62. The summed E-state index contributed by atoms with van der Waals surface area (Å²) in [6.45, 7) is 1.08. The Balaban J connectivity index is 0.000000188. The van der Waals surface area contributed by atoms with Gasteiger partial charge in [-0.15, -0.1) is 0 Å². The van der Waals surface area contributed by atoms with Crippen LogP contribution in [0.1, 0.15) is 39.0 Å². The molecule has 4 bridgehead atoms. The van der Waals surface area contributed by atoms with E-state index in [1.165, 1.54) is 25.7 Å². The van der Waals surface area contributed by atoms with Gasteiger partial charge in [0.2, 0.25) is 0 Å². The Labute approximate surface area is 91.0 Å². The Bertz CT molecular complexity index is 220. The fourth-order valence-corrected chi connectivity index (χ4v) is 3.97. The van der Waals surface area contributed by atoms with E-state index in [0.717, 1.165) is 30.6 Å². The highest BCUT2D eigenvalue weighted by atomic mass is 16.4. The topological polar surface area (TPSA) is 63.3 Å². The summed E-state index contributed by atoms with van der Waals surface area (Å²) in [6.07, 6.45) is 7.41. The Kier molecular flexibility index (Phi) is 3.01. The Morgan fingerprint density at radius 1 is 1.07 bits per heavy atom. The number of carboxylic acid groups (broad SMARTS) is 1. The van der Waals surface area contributed by atoms with E-state index in [4.69, 9.17) is 15.6 Å². The summed E-state index contributed by atoms with van der Waals surface area (Å²) in [5.74, 6) is 3.17. The first-order chi connectivity index (χ1) is 7.06. The molecular formula is C12H21NO2. The van der Waals surface area contributed by atoms with Gasteiger partial charge in [0.15, 0.2) is 0 Å². The molecule has 0 aromatic carbocycles. The third-order valence-electron chi connectivity index (χ3n) is 4.30. The number of hydrogen-bond acceptors (Lipinski definition) is 2. The molecule has 4 aliphatic rings. The summed E-state index contributed by atoms with van der Waals surface area (Å²) < 4.78 is 0. The van der Waals surface area contributed by atoms with Crippen LogP contribution in [0.2, 0.25) is 0 Å². The maximum Gasteiger partial charge on any atom is 0.300 e. The molecule has 0 radical (unpaired) electrons. The number of aliphatic carboxylic acids is 1. The van der Waals surface area contributed by atoms with Gasteiger partial charge in [0, 0.05) is 13.0 Å². The second-order valence-corrected chi connectivity index (χ2v) is 5.53. The molecule has 4 rings (SSSR count). The minimum absolute atomic E-state index is 0.586. The van der Waals surface area contributed by atoms with Gasteiger partial charge in [0.25, 0.3) is 5.97 Å². The largest absolute Gasteiger partial charge is 0.481 e. The van der Waals surface area contributed by atoms with E-state index in [1.54, 1.807) is 6.42 Å². The number of carboxylic acids is 1. The van der Waals surface area contributed by atoms with Gasteiger partial charge in [-0.05, 0) is 55.8 Å². The van der Waals surface area contributed by atoms with Crippen molar-refractivity contribution in [2.45, 2.75) is 45.1 Å². The lowest BCUT2D eigenvalue weighted by Gasteiger charge is -2.53. The average Bonchev–Trinajstić information content (AvgIpc) is 2.11. The molecule has 3 N–H and O–H groups in total. The van der Waals surface area contributed by atoms with E-state index in [9.17, 15) is 0 Å². The molecular weight excluding hydrogens is 190 g/mol. The molecule has 0 aromatic heterocycles. The van der Waals surface area contributed by atoms with Crippen molar-refractivity contribution in [2.75, 3.05) is 0 Å². The van der Waals surface area contributed by atoms with E-state index in [-0.39, 0.29) is 0 Å². The number of nitrogens with two attached hydrogens (primary N) is 1. The molecule has 3 nitrogen and oxygen atoms in total. The Morgan fingerprint density at radius 3 is 1.73 bits per heavy atom. The van der Waals surface area contributed by atoms with E-state index in [1.807, 2.05) is 0 Å². The van der Waals surface area contributed by atoms with Gasteiger partial charge < -0.3 is 10.8 Å². The molecule has 0 aliphatic heterocycles. The Morgan fingerprint density at radius 2 is 1.40 bits per heavy atom. The van der Waals surface area contributed by atoms with E-state index in [2.05, 4.69) is 0 Å². The first-order valence-corrected chi connectivity index (χ1v) is 6.01. The molecule has 0 amide bonds. The van der Waals surface area contributed by atoms with Crippen LogP contribution in [-0.4, -0.2) is 17.1 Å². The second kappa shape index (κ2) is 4.12. The molecule has 0 heterocycles. The van der Waals surface area contributed by atoms with Crippen LogP contribution in [0.3, 0.4) is 0 Å². The molecule has 4 aliphatic carbocycles. The highest BCUT2D eigenvalue weighted by Crippen LogP contribution is 2.52. The zero-order valence-corrected chi connectivity index (χ0v) is 9.36. The lowest BCUT2D eigenvalue weighted by atomic mass is 9.54. The normalized spacial score (nSPS) is 45.9. The van der Waals surface area contributed by atoms with Crippen LogP contribution in [0.25, 0.3) is 0 Å². The molecule has 4 saturated carbocycles. The van der Waals surface area contributed by atoms with Crippen molar-refractivity contribution in [3.63, 3.8) is 0 Å². The summed E-state index contributed by atoms with van der Waals surface area (Å²) in [5, 5.41) is 7.42. The van der Waals surface area contributed by atoms with Crippen LogP contribution in [0.15, 0.2) is 0 Å². The molecule has 86 valence electrons. The minimum Gasteiger partial charge on any atom is -0.481 e. The van der Waals surface area contributed by atoms with Gasteiger partial charge in [-0.1, -0.05) is 0 Å². The molecule has 4 fully saturated rings. The van der Waals surface area contributed by atoms with E-state index >= 15 is 0 Å². The molecule has 0 atom stereocenters. The maximum absolute atomic E-state index is 9.00. The van der Waals surface area contributed by atoms with Crippen LogP contribution in [0.4, 0.5) is 0 Å². The van der Waals surface area contributed by atoms with Gasteiger partial charge in [0.05, 0.1) is 0 Å². The summed E-state index contributed by atoms with van der Waals surface area (Å²) in [5.41, 5.74) is 6.17. The summed E-state index contributed by atoms with van der Waals surface area (Å²) in [7, 11) is 0. The standard InChI is InChI=1S/C10H17N.C2H4O2/c11-10-8-2-6-1-7(4-8)5-9(10)3-6;1-2(3)4/h6-10H,1-5,11H2;1H3,(H,3,4). The quantitative estimate of drug-likeness (QED) is 0.643. The summed E-state index contributed by atoms with van der Waals surface area (Å²) in [6, 6.07) is 0.586. The third-order valence-corrected chi connectivity index (χ3v) is 4.30. The fraction of sp³-hybridized carbons (Fsp3) is 0.917. The van der Waals surface area contributed by atoms with Crippen molar-refractivity contribution >= 4 is 5.97 Å². The number of carbonyl (C=O) groups is 1.